The van der Waals surface area contributed by atoms with E-state index in [4.69, 9.17) is 0 Å². The summed E-state index contributed by atoms with van der Waals surface area (Å²) < 4.78 is 0. The van der Waals surface area contributed by atoms with Crippen molar-refractivity contribution < 1.29 is 18.9 Å². The first-order valence-corrected chi connectivity index (χ1v) is 2.56. The molecule has 0 spiro atoms. The molecule has 0 saturated heterocycles. The number of hydrogen-bond acceptors (Lipinski definition) is 0. The summed E-state index contributed by atoms with van der Waals surface area (Å²) in [5, 5.41) is 8.49. The number of hydrogen-bond donors (Lipinski definition) is 0. The van der Waals surface area contributed by atoms with Gasteiger partial charge in [0.05, 0.1) is 0 Å². The molecule has 0 amide bonds. The van der Waals surface area contributed by atoms with E-state index in [0.29, 0.717) is 0 Å². The first kappa shape index (κ1) is 7.14. The third-order valence-corrected chi connectivity index (χ3v) is 1.16. The van der Waals surface area contributed by atoms with Crippen molar-refractivity contribution >= 4 is 11.2 Å². The van der Waals surface area contributed by atoms with E-state index in [9.17, 15) is 0 Å². The molecule has 0 unspecified atom stereocenters. The van der Waals surface area contributed by atoms with Gasteiger partial charge in [0, 0.05) is 0 Å². The molecule has 0 bridgehead atoms. The summed E-state index contributed by atoms with van der Waals surface area (Å²) >= 11 is 1.50. The topological polar surface area (TPSA) is 14.1 Å². The molecule has 0 fully saturated rings. The summed E-state index contributed by atoms with van der Waals surface area (Å²) in [6, 6.07) is 0. The van der Waals surface area contributed by atoms with Gasteiger partial charge in [0.1, 0.15) is 0 Å². The molecule has 0 aliphatic carbocycles. The van der Waals surface area contributed by atoms with Crippen LogP contribution in [-0.4, -0.2) is 0 Å². The Balaban J connectivity index is 0.000000360. The van der Waals surface area contributed by atoms with Gasteiger partial charge < -0.3 is 5.32 Å². The maximum absolute atomic E-state index is 3.81. The Morgan fingerprint density at radius 3 is 2.71 bits per heavy atom. The third-order valence-electron chi connectivity index (χ3n) is 0.504. The maximum atomic E-state index is 3.81. The first-order valence-electron chi connectivity index (χ1n) is 1.68. The van der Waals surface area contributed by atoms with E-state index in [-0.39, 0.29) is 18.9 Å². The zero-order valence-corrected chi connectivity index (χ0v) is 5.25. The van der Waals surface area contributed by atoms with Crippen molar-refractivity contribution in [1.82, 2.24) is 0 Å². The Kier molecular flexibility index (Phi) is 3.24. The molecule has 3 heteroatoms. The Hall–Kier alpha value is 0.137. The summed E-state index contributed by atoms with van der Waals surface area (Å²) in [5.74, 6) is 0. The fourth-order valence-corrected chi connectivity index (χ4v) is 0.709. The molecule has 1 aliphatic heterocycles. The second kappa shape index (κ2) is 3.18. The van der Waals surface area contributed by atoms with Crippen LogP contribution in [0.2, 0.25) is 0 Å². The largest absolute Gasteiger partial charge is 1.00 e. The smallest absolute Gasteiger partial charge is 0.617 e. The minimum Gasteiger partial charge on any atom is -0.617 e. The summed E-state index contributed by atoms with van der Waals surface area (Å²) in [6.07, 6.45) is 0. The Bertz CT molecular complexity index is 142. The quantitative estimate of drug-likeness (QED) is 0.347. The van der Waals surface area contributed by atoms with E-state index in [0.717, 1.165) is 5.70 Å². The van der Waals surface area contributed by atoms with Gasteiger partial charge >= 0.3 is 18.9 Å². The van der Waals surface area contributed by atoms with Crippen LogP contribution in [0.25, 0.3) is 5.32 Å². The molecular formula is C4H4LiNS. The zero-order chi connectivity index (χ0) is 4.41. The average Bonchev–Trinajstić information content (AvgIpc) is 1.86. The predicted molar refractivity (Wildman–Crippen MR) is 28.6 cm³/mol. The van der Waals surface area contributed by atoms with Crippen molar-refractivity contribution in [3.8, 4) is 5.31 Å². The van der Waals surface area contributed by atoms with Crippen LogP contribution in [-0.2, 0) is 0 Å². The van der Waals surface area contributed by atoms with E-state index in [1.807, 2.05) is 12.3 Å². The normalized spacial score (nSPS) is 13.6. The minimum atomic E-state index is 0. The molecule has 32 valence electrons. The molecule has 0 aromatic carbocycles. The van der Waals surface area contributed by atoms with Crippen molar-refractivity contribution in [3.05, 3.63) is 16.4 Å². The molecular weight excluding hydrogens is 101 g/mol. The Morgan fingerprint density at radius 1 is 1.86 bits per heavy atom. The summed E-state index contributed by atoms with van der Waals surface area (Å²) in [5.41, 5.74) is 1.06. The number of nitrogens with zero attached hydrogens (tertiary/aromatic N) is 1. The van der Waals surface area contributed by atoms with Crippen LogP contribution < -0.4 is 18.9 Å². The van der Waals surface area contributed by atoms with Crippen LogP contribution in [0.5, 0.6) is 0 Å². The first-order chi connectivity index (χ1) is 2.89. The second-order valence-electron chi connectivity index (χ2n) is 1.08. The summed E-state index contributed by atoms with van der Waals surface area (Å²) in [4.78, 5) is 0. The van der Waals surface area contributed by atoms with Crippen molar-refractivity contribution in [2.75, 3.05) is 0 Å². The van der Waals surface area contributed by atoms with E-state index in [1.54, 1.807) is 0 Å². The van der Waals surface area contributed by atoms with E-state index >= 15 is 0 Å². The molecule has 7 heavy (non-hydrogen) atoms. The van der Waals surface area contributed by atoms with E-state index in [2.05, 4.69) is 10.6 Å². The molecule has 0 aromatic rings. The number of allylic oxidation sites excluding steroid dienone is 1. The third kappa shape index (κ3) is 2.06. The zero-order valence-electron chi connectivity index (χ0n) is 4.43. The fraction of sp³-hybridized carbons (Fsp3) is 0.250. The molecule has 0 radical (unpaired) electrons. The minimum absolute atomic E-state index is 0. The molecule has 0 N–H and O–H groups in total. The average molecular weight is 105 g/mol. The van der Waals surface area contributed by atoms with Gasteiger partial charge in [-0.2, -0.15) is 5.31 Å². The molecule has 1 aliphatic rings. The molecule has 0 saturated carbocycles. The van der Waals surface area contributed by atoms with Gasteiger partial charge in [-0.3, -0.25) is 0 Å². The Morgan fingerprint density at radius 2 is 2.57 bits per heavy atom. The van der Waals surface area contributed by atoms with Crippen molar-refractivity contribution in [2.45, 2.75) is 6.92 Å². The summed E-state index contributed by atoms with van der Waals surface area (Å²) in [7, 11) is 0. The molecule has 1 heterocycles. The second-order valence-corrected chi connectivity index (χ2v) is 1.73. The van der Waals surface area contributed by atoms with Crippen LogP contribution in [0.3, 0.4) is 0 Å². The van der Waals surface area contributed by atoms with E-state index < -0.39 is 0 Å². The van der Waals surface area contributed by atoms with E-state index in [1.165, 1.54) is 11.2 Å². The van der Waals surface area contributed by atoms with Crippen LogP contribution in [0.4, 0.5) is 0 Å². The molecule has 0 aromatic heterocycles. The standard InChI is InChI=1S/C4H4NS.Li/c1-4-2-6-3-5-4;/h2H,1H3;/q-1;+1. The van der Waals surface area contributed by atoms with Gasteiger partial charge in [0.15, 0.2) is 0 Å². The van der Waals surface area contributed by atoms with Gasteiger partial charge in [-0.05, 0) is 5.41 Å². The van der Waals surface area contributed by atoms with Crippen molar-refractivity contribution in [3.63, 3.8) is 0 Å². The van der Waals surface area contributed by atoms with Gasteiger partial charge in [0.2, 0.25) is 0 Å². The van der Waals surface area contributed by atoms with Gasteiger partial charge in [0.25, 0.3) is 0 Å². The molecule has 0 atom stereocenters. The predicted octanol–water partition coefficient (Wildman–Crippen LogP) is -1.11. The van der Waals surface area contributed by atoms with Crippen LogP contribution in [0, 0.1) is 5.31 Å². The monoisotopic (exact) mass is 105 g/mol. The van der Waals surface area contributed by atoms with Crippen molar-refractivity contribution in [2.24, 2.45) is 0 Å². The van der Waals surface area contributed by atoms with Gasteiger partial charge in [-0.25, -0.2) is 0 Å². The van der Waals surface area contributed by atoms with Crippen LogP contribution in [0.1, 0.15) is 6.92 Å². The van der Waals surface area contributed by atoms with Gasteiger partial charge in [-0.1, -0.05) is 6.92 Å². The fourth-order valence-electron chi connectivity index (χ4n) is 0.236. The van der Waals surface area contributed by atoms with Crippen LogP contribution >= 0.6 is 11.2 Å². The van der Waals surface area contributed by atoms with Crippen molar-refractivity contribution in [1.29, 1.82) is 0 Å². The van der Waals surface area contributed by atoms with Gasteiger partial charge in [-0.15, -0.1) is 16.9 Å². The number of rotatable bonds is 0. The molecule has 1 nitrogen and oxygen atoms in total. The summed E-state index contributed by atoms with van der Waals surface area (Å²) in [6.45, 7) is 1.95. The molecule has 1 rings (SSSR count). The Labute approximate surface area is 58.9 Å². The SMILES string of the molecule is CC1=CS#C[N-]1.[Li+]. The maximum Gasteiger partial charge on any atom is 1.00 e. The van der Waals surface area contributed by atoms with Crippen LogP contribution in [0.15, 0.2) is 11.1 Å².